The second kappa shape index (κ2) is 5.05. The van der Waals surface area contributed by atoms with Gasteiger partial charge in [-0.1, -0.05) is 13.8 Å². The lowest BCUT2D eigenvalue weighted by Crippen LogP contribution is -2.22. The molecule has 94 valence electrons. The van der Waals surface area contributed by atoms with Gasteiger partial charge in [-0.05, 0) is 43.0 Å². The lowest BCUT2D eigenvalue weighted by molar-refractivity contribution is 0.284. The third kappa shape index (κ3) is 3.43. The zero-order chi connectivity index (χ0) is 12.3. The van der Waals surface area contributed by atoms with Gasteiger partial charge in [-0.2, -0.15) is 0 Å². The van der Waals surface area contributed by atoms with Crippen LogP contribution in [0.3, 0.4) is 0 Å². The third-order valence-corrected chi connectivity index (χ3v) is 3.34. The summed E-state index contributed by atoms with van der Waals surface area (Å²) in [6.45, 7) is 11.2. The van der Waals surface area contributed by atoms with Crippen molar-refractivity contribution in [3.8, 4) is 0 Å². The van der Waals surface area contributed by atoms with E-state index in [4.69, 9.17) is 0 Å². The van der Waals surface area contributed by atoms with Crippen molar-refractivity contribution in [2.75, 3.05) is 25.0 Å². The molecule has 3 nitrogen and oxygen atoms in total. The Bertz CT molecular complexity index is 373. The SMILES string of the molecule is CCNc1cc(CN2CCC(C)(C)C2)ccn1. The molecular formula is C14H23N3. The number of aromatic nitrogens is 1. The number of nitrogens with one attached hydrogen (secondary N) is 1. The van der Waals surface area contributed by atoms with Crippen molar-refractivity contribution in [1.82, 2.24) is 9.88 Å². The second-order valence-corrected chi connectivity index (χ2v) is 5.70. The van der Waals surface area contributed by atoms with Crippen LogP contribution in [-0.4, -0.2) is 29.5 Å². The Labute approximate surface area is 104 Å². The highest BCUT2D eigenvalue weighted by atomic mass is 15.2. The van der Waals surface area contributed by atoms with Crippen LogP contribution in [0, 0.1) is 5.41 Å². The summed E-state index contributed by atoms with van der Waals surface area (Å²) < 4.78 is 0. The molecule has 1 aromatic rings. The summed E-state index contributed by atoms with van der Waals surface area (Å²) in [6, 6.07) is 4.28. The molecule has 0 spiro atoms. The van der Waals surface area contributed by atoms with E-state index in [2.05, 4.69) is 48.1 Å². The van der Waals surface area contributed by atoms with Crippen molar-refractivity contribution >= 4 is 5.82 Å². The van der Waals surface area contributed by atoms with Crippen LogP contribution >= 0.6 is 0 Å². The van der Waals surface area contributed by atoms with Crippen molar-refractivity contribution in [3.05, 3.63) is 23.9 Å². The quantitative estimate of drug-likeness (QED) is 0.866. The van der Waals surface area contributed by atoms with Gasteiger partial charge in [-0.25, -0.2) is 4.98 Å². The first-order chi connectivity index (χ1) is 8.09. The van der Waals surface area contributed by atoms with Crippen molar-refractivity contribution in [2.45, 2.75) is 33.7 Å². The van der Waals surface area contributed by atoms with E-state index < -0.39 is 0 Å². The third-order valence-electron chi connectivity index (χ3n) is 3.34. The molecule has 0 saturated carbocycles. The molecule has 0 aromatic carbocycles. The van der Waals surface area contributed by atoms with Gasteiger partial charge in [0.15, 0.2) is 0 Å². The summed E-state index contributed by atoms with van der Waals surface area (Å²) in [4.78, 5) is 6.84. The Morgan fingerprint density at radius 2 is 2.29 bits per heavy atom. The van der Waals surface area contributed by atoms with E-state index >= 15 is 0 Å². The monoisotopic (exact) mass is 233 g/mol. The van der Waals surface area contributed by atoms with Crippen LogP contribution in [0.25, 0.3) is 0 Å². The highest BCUT2D eigenvalue weighted by Crippen LogP contribution is 2.29. The summed E-state index contributed by atoms with van der Waals surface area (Å²) in [5.41, 5.74) is 1.84. The average molecular weight is 233 g/mol. The number of hydrogen-bond acceptors (Lipinski definition) is 3. The van der Waals surface area contributed by atoms with E-state index in [1.807, 2.05) is 6.20 Å². The topological polar surface area (TPSA) is 28.2 Å². The Kier molecular flexibility index (Phi) is 3.67. The first-order valence-corrected chi connectivity index (χ1v) is 6.50. The molecule has 1 aromatic heterocycles. The number of anilines is 1. The predicted octanol–water partition coefficient (Wildman–Crippen LogP) is 2.75. The van der Waals surface area contributed by atoms with Gasteiger partial charge >= 0.3 is 0 Å². The second-order valence-electron chi connectivity index (χ2n) is 5.70. The van der Waals surface area contributed by atoms with E-state index in [-0.39, 0.29) is 0 Å². The maximum atomic E-state index is 4.30. The molecule has 2 heterocycles. The largest absolute Gasteiger partial charge is 0.370 e. The zero-order valence-electron chi connectivity index (χ0n) is 11.2. The van der Waals surface area contributed by atoms with E-state index in [0.29, 0.717) is 5.41 Å². The number of rotatable bonds is 4. The van der Waals surface area contributed by atoms with Gasteiger partial charge in [0.1, 0.15) is 5.82 Å². The van der Waals surface area contributed by atoms with Crippen LogP contribution in [0.2, 0.25) is 0 Å². The number of nitrogens with zero attached hydrogens (tertiary/aromatic N) is 2. The van der Waals surface area contributed by atoms with Crippen molar-refractivity contribution < 1.29 is 0 Å². The Balaban J connectivity index is 1.97. The lowest BCUT2D eigenvalue weighted by atomic mass is 9.93. The van der Waals surface area contributed by atoms with Gasteiger partial charge in [0, 0.05) is 25.8 Å². The molecule has 1 saturated heterocycles. The van der Waals surface area contributed by atoms with Crippen LogP contribution in [0.1, 0.15) is 32.8 Å². The maximum Gasteiger partial charge on any atom is 0.126 e. The van der Waals surface area contributed by atoms with Crippen LogP contribution in [-0.2, 0) is 6.54 Å². The molecule has 1 N–H and O–H groups in total. The normalized spacial score (nSPS) is 19.5. The molecular weight excluding hydrogens is 210 g/mol. The number of pyridine rings is 1. The Hall–Kier alpha value is -1.09. The average Bonchev–Trinajstić information content (AvgIpc) is 2.59. The summed E-state index contributed by atoms with van der Waals surface area (Å²) in [5, 5.41) is 3.26. The van der Waals surface area contributed by atoms with Crippen LogP contribution < -0.4 is 5.32 Å². The molecule has 1 aliphatic rings. The van der Waals surface area contributed by atoms with E-state index in [1.165, 1.54) is 25.1 Å². The molecule has 17 heavy (non-hydrogen) atoms. The summed E-state index contributed by atoms with van der Waals surface area (Å²) in [6.07, 6.45) is 3.20. The predicted molar refractivity (Wildman–Crippen MR) is 72.1 cm³/mol. The van der Waals surface area contributed by atoms with E-state index in [0.717, 1.165) is 18.9 Å². The van der Waals surface area contributed by atoms with Gasteiger partial charge < -0.3 is 5.32 Å². The highest BCUT2D eigenvalue weighted by Gasteiger charge is 2.28. The smallest absolute Gasteiger partial charge is 0.126 e. The Morgan fingerprint density at radius 1 is 1.47 bits per heavy atom. The molecule has 2 rings (SSSR count). The zero-order valence-corrected chi connectivity index (χ0v) is 11.2. The van der Waals surface area contributed by atoms with Gasteiger partial charge in [0.05, 0.1) is 0 Å². The minimum Gasteiger partial charge on any atom is -0.370 e. The fourth-order valence-electron chi connectivity index (χ4n) is 2.47. The highest BCUT2D eigenvalue weighted by molar-refractivity contribution is 5.37. The van der Waals surface area contributed by atoms with Gasteiger partial charge in [0.25, 0.3) is 0 Å². The molecule has 0 radical (unpaired) electrons. The van der Waals surface area contributed by atoms with Crippen molar-refractivity contribution in [2.24, 2.45) is 5.41 Å². The molecule has 0 amide bonds. The Morgan fingerprint density at radius 3 is 2.94 bits per heavy atom. The molecule has 0 aliphatic carbocycles. The van der Waals surface area contributed by atoms with Gasteiger partial charge in [-0.3, -0.25) is 4.90 Å². The van der Waals surface area contributed by atoms with Crippen molar-refractivity contribution in [1.29, 1.82) is 0 Å². The fraction of sp³-hybridized carbons (Fsp3) is 0.643. The molecule has 1 fully saturated rings. The standard InChI is InChI=1S/C14H23N3/c1-4-15-13-9-12(5-7-16-13)10-17-8-6-14(2,3)11-17/h5,7,9H,4,6,8,10-11H2,1-3H3,(H,15,16). The first kappa shape index (κ1) is 12.4. The summed E-state index contributed by atoms with van der Waals surface area (Å²) >= 11 is 0. The minimum atomic E-state index is 0.484. The van der Waals surface area contributed by atoms with Crippen molar-refractivity contribution in [3.63, 3.8) is 0 Å². The number of likely N-dealkylation sites (tertiary alicyclic amines) is 1. The molecule has 0 unspecified atom stereocenters. The lowest BCUT2D eigenvalue weighted by Gasteiger charge is -2.19. The summed E-state index contributed by atoms with van der Waals surface area (Å²) in [7, 11) is 0. The molecule has 1 aliphatic heterocycles. The van der Waals surface area contributed by atoms with Crippen LogP contribution in [0.5, 0.6) is 0 Å². The molecule has 0 atom stereocenters. The first-order valence-electron chi connectivity index (χ1n) is 6.50. The van der Waals surface area contributed by atoms with E-state index in [9.17, 15) is 0 Å². The fourth-order valence-corrected chi connectivity index (χ4v) is 2.47. The summed E-state index contributed by atoms with van der Waals surface area (Å²) in [5.74, 6) is 0.989. The van der Waals surface area contributed by atoms with Gasteiger partial charge in [-0.15, -0.1) is 0 Å². The molecule has 3 heteroatoms. The van der Waals surface area contributed by atoms with E-state index in [1.54, 1.807) is 0 Å². The van der Waals surface area contributed by atoms with Gasteiger partial charge in [0.2, 0.25) is 0 Å². The van der Waals surface area contributed by atoms with Crippen LogP contribution in [0.4, 0.5) is 5.82 Å². The molecule has 0 bridgehead atoms. The van der Waals surface area contributed by atoms with Crippen LogP contribution in [0.15, 0.2) is 18.3 Å². The minimum absolute atomic E-state index is 0.484. The maximum absolute atomic E-state index is 4.30. The number of hydrogen-bond donors (Lipinski definition) is 1.